The lowest BCUT2D eigenvalue weighted by molar-refractivity contribution is -0.116. The van der Waals surface area contributed by atoms with Crippen molar-refractivity contribution in [2.75, 3.05) is 10.6 Å². The van der Waals surface area contributed by atoms with Gasteiger partial charge in [-0.05, 0) is 47.3 Å². The Labute approximate surface area is 178 Å². The Morgan fingerprint density at radius 3 is 2.47 bits per heavy atom. The van der Waals surface area contributed by atoms with Crippen LogP contribution in [-0.4, -0.2) is 16.8 Å². The van der Waals surface area contributed by atoms with Gasteiger partial charge in [-0.2, -0.15) is 0 Å². The number of anilines is 2. The zero-order valence-corrected chi connectivity index (χ0v) is 17.2. The van der Waals surface area contributed by atoms with Gasteiger partial charge in [-0.25, -0.2) is 0 Å². The van der Waals surface area contributed by atoms with Gasteiger partial charge in [0.15, 0.2) is 0 Å². The molecule has 5 nitrogen and oxygen atoms in total. The summed E-state index contributed by atoms with van der Waals surface area (Å²) in [6.07, 6.45) is 1.88. The quantitative estimate of drug-likeness (QED) is 0.359. The minimum Gasteiger partial charge on any atom is -0.361 e. The normalized spacial score (nSPS) is 11.8. The van der Waals surface area contributed by atoms with E-state index >= 15 is 0 Å². The van der Waals surface area contributed by atoms with Gasteiger partial charge >= 0.3 is 0 Å². The van der Waals surface area contributed by atoms with Gasteiger partial charge in [0.1, 0.15) is 5.25 Å². The van der Waals surface area contributed by atoms with E-state index in [4.69, 9.17) is 0 Å². The number of fused-ring (bicyclic) bond motifs is 1. The molecule has 150 valence electrons. The predicted molar refractivity (Wildman–Crippen MR) is 123 cm³/mol. The zero-order valence-electron chi connectivity index (χ0n) is 16.4. The molecule has 1 atom stereocenters. The van der Waals surface area contributed by atoms with E-state index in [9.17, 15) is 9.59 Å². The highest BCUT2D eigenvalue weighted by molar-refractivity contribution is 8.00. The number of rotatable bonds is 6. The minimum absolute atomic E-state index is 0.109. The molecule has 0 aliphatic rings. The first-order chi connectivity index (χ1) is 14.6. The summed E-state index contributed by atoms with van der Waals surface area (Å²) in [4.78, 5) is 28.7. The number of amides is 2. The number of hydrogen-bond donors (Lipinski definition) is 3. The number of aromatic nitrogens is 1. The number of carbonyl (C=O) groups is 2. The molecule has 3 aromatic carbocycles. The Morgan fingerprint density at radius 2 is 1.67 bits per heavy atom. The Hall–Kier alpha value is -3.51. The lowest BCUT2D eigenvalue weighted by Gasteiger charge is -2.18. The topological polar surface area (TPSA) is 74.0 Å². The molecule has 0 saturated heterocycles. The van der Waals surface area contributed by atoms with Crippen molar-refractivity contribution in [1.82, 2.24) is 4.98 Å². The van der Waals surface area contributed by atoms with E-state index in [1.165, 1.54) is 18.7 Å². The van der Waals surface area contributed by atoms with Crippen LogP contribution in [0, 0.1) is 0 Å². The average molecular weight is 416 g/mol. The van der Waals surface area contributed by atoms with Crippen LogP contribution in [0.4, 0.5) is 11.4 Å². The van der Waals surface area contributed by atoms with Gasteiger partial charge in [-0.3, -0.25) is 9.59 Å². The molecule has 0 saturated carbocycles. The molecule has 1 heterocycles. The molecule has 0 bridgehead atoms. The fourth-order valence-corrected chi connectivity index (χ4v) is 4.30. The van der Waals surface area contributed by atoms with Crippen molar-refractivity contribution in [3.63, 3.8) is 0 Å². The standard InChI is InChI=1S/C24H21N3O2S/c1-16(28)26-19-8-5-9-21(14-19)30-23(18-6-3-2-4-7-18)24(29)27-20-11-10-17-12-13-25-22(17)15-20/h2-15,23,25H,1H3,(H,26,28)(H,27,29). The molecule has 4 aromatic rings. The lowest BCUT2D eigenvalue weighted by Crippen LogP contribution is -2.19. The van der Waals surface area contributed by atoms with E-state index in [-0.39, 0.29) is 11.8 Å². The number of aromatic amines is 1. The van der Waals surface area contributed by atoms with Gasteiger partial charge in [-0.1, -0.05) is 42.5 Å². The molecule has 3 N–H and O–H groups in total. The van der Waals surface area contributed by atoms with Crippen LogP contribution in [0.5, 0.6) is 0 Å². The molecule has 0 aliphatic heterocycles. The first-order valence-electron chi connectivity index (χ1n) is 9.56. The van der Waals surface area contributed by atoms with Crippen LogP contribution < -0.4 is 10.6 Å². The summed E-state index contributed by atoms with van der Waals surface area (Å²) in [6, 6.07) is 25.0. The fourth-order valence-electron chi connectivity index (χ4n) is 3.22. The molecule has 0 aliphatic carbocycles. The van der Waals surface area contributed by atoms with Crippen molar-refractivity contribution < 1.29 is 9.59 Å². The van der Waals surface area contributed by atoms with E-state index in [0.717, 1.165) is 27.0 Å². The van der Waals surface area contributed by atoms with Crippen molar-refractivity contribution in [2.45, 2.75) is 17.1 Å². The summed E-state index contributed by atoms with van der Waals surface area (Å²) in [5.74, 6) is -0.240. The summed E-state index contributed by atoms with van der Waals surface area (Å²) >= 11 is 1.44. The van der Waals surface area contributed by atoms with Crippen LogP contribution in [0.1, 0.15) is 17.7 Å². The van der Waals surface area contributed by atoms with Crippen molar-refractivity contribution in [1.29, 1.82) is 0 Å². The third-order valence-electron chi connectivity index (χ3n) is 4.57. The maximum absolute atomic E-state index is 13.2. The van der Waals surface area contributed by atoms with Crippen molar-refractivity contribution in [3.8, 4) is 0 Å². The van der Waals surface area contributed by atoms with Gasteiger partial charge in [0.05, 0.1) is 0 Å². The SMILES string of the molecule is CC(=O)Nc1cccc(SC(C(=O)Nc2ccc3cc[nH]c3c2)c2ccccc2)c1. The number of benzene rings is 3. The smallest absolute Gasteiger partial charge is 0.242 e. The Kier molecular flexibility index (Phi) is 5.86. The van der Waals surface area contributed by atoms with Crippen molar-refractivity contribution in [2.24, 2.45) is 0 Å². The second-order valence-corrected chi connectivity index (χ2v) is 8.07. The molecule has 0 spiro atoms. The number of H-pyrrole nitrogens is 1. The van der Waals surface area contributed by atoms with Gasteiger partial charge in [0, 0.05) is 34.9 Å². The van der Waals surface area contributed by atoms with Crippen molar-refractivity contribution in [3.05, 3.63) is 90.6 Å². The van der Waals surface area contributed by atoms with Gasteiger partial charge in [0.2, 0.25) is 11.8 Å². The number of carbonyl (C=O) groups excluding carboxylic acids is 2. The Balaban J connectivity index is 1.59. The molecule has 1 unspecified atom stereocenters. The second kappa shape index (κ2) is 8.88. The fraction of sp³-hybridized carbons (Fsp3) is 0.0833. The first-order valence-corrected chi connectivity index (χ1v) is 10.4. The largest absolute Gasteiger partial charge is 0.361 e. The van der Waals surface area contributed by atoms with E-state index in [2.05, 4.69) is 15.6 Å². The summed E-state index contributed by atoms with van der Waals surface area (Å²) in [7, 11) is 0. The number of nitrogens with one attached hydrogen (secondary N) is 3. The number of hydrogen-bond acceptors (Lipinski definition) is 3. The highest BCUT2D eigenvalue weighted by Gasteiger charge is 2.22. The molecule has 0 radical (unpaired) electrons. The molecule has 1 aromatic heterocycles. The summed E-state index contributed by atoms with van der Waals surface area (Å²) in [5, 5.41) is 6.47. The molecule has 6 heteroatoms. The predicted octanol–water partition coefficient (Wildman–Crippen LogP) is 5.60. The minimum atomic E-state index is -0.446. The molecule has 4 rings (SSSR count). The Bertz CT molecular complexity index is 1190. The molecule has 2 amide bonds. The molecular weight excluding hydrogens is 394 g/mol. The average Bonchev–Trinajstić information content (AvgIpc) is 3.20. The van der Waals surface area contributed by atoms with Crippen LogP contribution in [0.3, 0.4) is 0 Å². The first kappa shape index (κ1) is 19.8. The van der Waals surface area contributed by atoms with Gasteiger partial charge in [0.25, 0.3) is 0 Å². The van der Waals surface area contributed by atoms with Crippen LogP contribution >= 0.6 is 11.8 Å². The van der Waals surface area contributed by atoms with E-state index in [1.54, 1.807) is 0 Å². The van der Waals surface area contributed by atoms with Crippen LogP contribution in [0.15, 0.2) is 90.0 Å². The highest BCUT2D eigenvalue weighted by atomic mass is 32.2. The monoisotopic (exact) mass is 415 g/mol. The maximum atomic E-state index is 13.2. The van der Waals surface area contributed by atoms with Crippen molar-refractivity contribution >= 4 is 45.9 Å². The maximum Gasteiger partial charge on any atom is 0.242 e. The molecule has 30 heavy (non-hydrogen) atoms. The van der Waals surface area contributed by atoms with E-state index in [0.29, 0.717) is 5.69 Å². The summed E-state index contributed by atoms with van der Waals surface area (Å²) < 4.78 is 0. The van der Waals surface area contributed by atoms with E-state index in [1.807, 2.05) is 85.1 Å². The third-order valence-corrected chi connectivity index (χ3v) is 5.82. The third kappa shape index (κ3) is 4.72. The van der Waals surface area contributed by atoms with E-state index < -0.39 is 5.25 Å². The summed E-state index contributed by atoms with van der Waals surface area (Å²) in [6.45, 7) is 1.47. The van der Waals surface area contributed by atoms with Crippen LogP contribution in [0.25, 0.3) is 10.9 Å². The second-order valence-electron chi connectivity index (χ2n) is 6.89. The zero-order chi connectivity index (χ0) is 20.9. The molecular formula is C24H21N3O2S. The van der Waals surface area contributed by atoms with Gasteiger partial charge < -0.3 is 15.6 Å². The summed E-state index contributed by atoms with van der Waals surface area (Å²) in [5.41, 5.74) is 3.32. The van der Waals surface area contributed by atoms with Gasteiger partial charge in [-0.15, -0.1) is 11.8 Å². The highest BCUT2D eigenvalue weighted by Crippen LogP contribution is 2.37. The molecule has 0 fully saturated rings. The lowest BCUT2D eigenvalue weighted by atomic mass is 10.1. The van der Waals surface area contributed by atoms with Crippen LogP contribution in [0.2, 0.25) is 0 Å². The Morgan fingerprint density at radius 1 is 0.867 bits per heavy atom. The number of thioether (sulfide) groups is 1. The van der Waals surface area contributed by atoms with Crippen LogP contribution in [-0.2, 0) is 9.59 Å².